The summed E-state index contributed by atoms with van der Waals surface area (Å²) in [7, 11) is 0. The second-order valence-corrected chi connectivity index (χ2v) is 4.63. The van der Waals surface area contributed by atoms with Gasteiger partial charge in [0.1, 0.15) is 0 Å². The smallest absolute Gasteiger partial charge is 0.253 e. The molecule has 3 heteroatoms. The van der Waals surface area contributed by atoms with Gasteiger partial charge in [-0.3, -0.25) is 4.79 Å². The van der Waals surface area contributed by atoms with E-state index in [0.29, 0.717) is 11.8 Å². The van der Waals surface area contributed by atoms with E-state index < -0.39 is 0 Å². The average Bonchev–Trinajstić information content (AvgIpc) is 2.89. The van der Waals surface area contributed by atoms with Gasteiger partial charge in [0.05, 0.1) is 13.2 Å². The average molecular weight is 217 g/mol. The molecule has 1 amide bonds. The van der Waals surface area contributed by atoms with Crippen LogP contribution >= 0.6 is 0 Å². The van der Waals surface area contributed by atoms with E-state index in [1.165, 1.54) is 0 Å². The summed E-state index contributed by atoms with van der Waals surface area (Å²) in [5.41, 5.74) is 0.795. The van der Waals surface area contributed by atoms with Gasteiger partial charge in [-0.15, -0.1) is 0 Å². The van der Waals surface area contributed by atoms with Gasteiger partial charge in [0.25, 0.3) is 5.91 Å². The topological polar surface area (TPSA) is 29.5 Å². The Bertz CT molecular complexity index is 378. The van der Waals surface area contributed by atoms with Crippen molar-refractivity contribution in [2.75, 3.05) is 26.3 Å². The Kier molecular flexibility index (Phi) is 2.40. The Morgan fingerprint density at radius 1 is 1.12 bits per heavy atom. The van der Waals surface area contributed by atoms with Gasteiger partial charge in [-0.1, -0.05) is 18.2 Å². The van der Waals surface area contributed by atoms with Crippen molar-refractivity contribution in [1.82, 2.24) is 4.90 Å². The molecule has 0 aromatic heterocycles. The first-order valence-electron chi connectivity index (χ1n) is 5.76. The third-order valence-corrected chi connectivity index (χ3v) is 3.55. The first kappa shape index (κ1) is 9.85. The predicted octanol–water partition coefficient (Wildman–Crippen LogP) is 1.41. The van der Waals surface area contributed by atoms with Crippen LogP contribution in [0.3, 0.4) is 0 Å². The standard InChI is InChI=1S/C13H15NO2/c15-13(10-4-2-1-3-5-10)14-6-11-8-16-9-12(11)7-14/h1-5,11-12H,6-9H2/t11-,12-/m1/s1. The molecule has 0 unspecified atom stereocenters. The quantitative estimate of drug-likeness (QED) is 0.711. The molecule has 1 aromatic rings. The summed E-state index contributed by atoms with van der Waals surface area (Å²) in [6.07, 6.45) is 0. The fourth-order valence-corrected chi connectivity index (χ4v) is 2.62. The number of carbonyl (C=O) groups is 1. The van der Waals surface area contributed by atoms with Gasteiger partial charge < -0.3 is 9.64 Å². The summed E-state index contributed by atoms with van der Waals surface area (Å²) >= 11 is 0. The number of likely N-dealkylation sites (tertiary alicyclic amines) is 1. The summed E-state index contributed by atoms with van der Waals surface area (Å²) in [5.74, 6) is 1.29. The molecule has 2 heterocycles. The fourth-order valence-electron chi connectivity index (χ4n) is 2.62. The van der Waals surface area contributed by atoms with E-state index in [4.69, 9.17) is 4.74 Å². The fraction of sp³-hybridized carbons (Fsp3) is 0.462. The van der Waals surface area contributed by atoms with Crippen LogP contribution in [0.25, 0.3) is 0 Å². The molecular formula is C13H15NO2. The van der Waals surface area contributed by atoms with Gasteiger partial charge in [-0.05, 0) is 12.1 Å². The number of hydrogen-bond donors (Lipinski definition) is 0. The van der Waals surface area contributed by atoms with Crippen molar-refractivity contribution in [3.8, 4) is 0 Å². The summed E-state index contributed by atoms with van der Waals surface area (Å²) < 4.78 is 5.41. The van der Waals surface area contributed by atoms with Crippen molar-refractivity contribution in [1.29, 1.82) is 0 Å². The van der Waals surface area contributed by atoms with E-state index in [0.717, 1.165) is 31.9 Å². The molecule has 2 atom stereocenters. The predicted molar refractivity (Wildman–Crippen MR) is 60.1 cm³/mol. The molecule has 0 N–H and O–H groups in total. The summed E-state index contributed by atoms with van der Waals surface area (Å²) in [6.45, 7) is 3.36. The molecule has 2 fully saturated rings. The molecule has 2 aliphatic rings. The summed E-state index contributed by atoms with van der Waals surface area (Å²) in [6, 6.07) is 9.52. The second kappa shape index (κ2) is 3.91. The Balaban J connectivity index is 1.73. The number of benzene rings is 1. The zero-order chi connectivity index (χ0) is 11.0. The van der Waals surface area contributed by atoms with E-state index in [-0.39, 0.29) is 5.91 Å². The van der Waals surface area contributed by atoms with E-state index >= 15 is 0 Å². The van der Waals surface area contributed by atoms with Crippen LogP contribution in [0, 0.1) is 11.8 Å². The second-order valence-electron chi connectivity index (χ2n) is 4.63. The molecule has 3 rings (SSSR count). The normalized spacial score (nSPS) is 28.1. The molecule has 0 aliphatic carbocycles. The molecule has 0 radical (unpaired) electrons. The lowest BCUT2D eigenvalue weighted by atomic mass is 10.0. The molecule has 0 bridgehead atoms. The van der Waals surface area contributed by atoms with Crippen molar-refractivity contribution in [2.45, 2.75) is 0 Å². The molecule has 1 aromatic carbocycles. The highest BCUT2D eigenvalue weighted by Crippen LogP contribution is 2.29. The molecule has 84 valence electrons. The van der Waals surface area contributed by atoms with Crippen LogP contribution in [0.5, 0.6) is 0 Å². The van der Waals surface area contributed by atoms with Crippen LogP contribution in [-0.2, 0) is 4.74 Å². The van der Waals surface area contributed by atoms with Gasteiger partial charge in [0, 0.05) is 30.5 Å². The van der Waals surface area contributed by atoms with E-state index in [2.05, 4.69) is 0 Å². The maximum atomic E-state index is 12.2. The van der Waals surface area contributed by atoms with Crippen LogP contribution < -0.4 is 0 Å². The number of ether oxygens (including phenoxy) is 1. The maximum Gasteiger partial charge on any atom is 0.253 e. The number of carbonyl (C=O) groups excluding carboxylic acids is 1. The molecular weight excluding hydrogens is 202 g/mol. The first-order valence-corrected chi connectivity index (χ1v) is 5.76. The van der Waals surface area contributed by atoms with Gasteiger partial charge in [-0.25, -0.2) is 0 Å². The number of nitrogens with zero attached hydrogens (tertiary/aromatic N) is 1. The highest BCUT2D eigenvalue weighted by atomic mass is 16.5. The number of fused-ring (bicyclic) bond motifs is 1. The SMILES string of the molecule is O=C(c1ccccc1)N1C[C@@H]2COC[C@H]2C1. The monoisotopic (exact) mass is 217 g/mol. The third kappa shape index (κ3) is 1.61. The Morgan fingerprint density at radius 2 is 1.75 bits per heavy atom. The Labute approximate surface area is 95.0 Å². The first-order chi connectivity index (χ1) is 7.84. The molecule has 0 spiro atoms. The lowest BCUT2D eigenvalue weighted by Crippen LogP contribution is -2.30. The largest absolute Gasteiger partial charge is 0.381 e. The van der Waals surface area contributed by atoms with Gasteiger partial charge >= 0.3 is 0 Å². The molecule has 0 saturated carbocycles. The molecule has 2 saturated heterocycles. The number of hydrogen-bond acceptors (Lipinski definition) is 2. The lowest BCUT2D eigenvalue weighted by Gasteiger charge is -2.17. The number of rotatable bonds is 1. The minimum Gasteiger partial charge on any atom is -0.381 e. The van der Waals surface area contributed by atoms with E-state index in [1.807, 2.05) is 35.2 Å². The van der Waals surface area contributed by atoms with Crippen molar-refractivity contribution in [3.63, 3.8) is 0 Å². The minimum absolute atomic E-state index is 0.162. The molecule has 2 aliphatic heterocycles. The van der Waals surface area contributed by atoms with Crippen molar-refractivity contribution in [2.24, 2.45) is 11.8 Å². The van der Waals surface area contributed by atoms with Crippen LogP contribution in [-0.4, -0.2) is 37.1 Å². The maximum absolute atomic E-state index is 12.2. The van der Waals surface area contributed by atoms with Crippen molar-refractivity contribution < 1.29 is 9.53 Å². The molecule has 3 nitrogen and oxygen atoms in total. The van der Waals surface area contributed by atoms with Gasteiger partial charge in [-0.2, -0.15) is 0 Å². The van der Waals surface area contributed by atoms with E-state index in [1.54, 1.807) is 0 Å². The lowest BCUT2D eigenvalue weighted by molar-refractivity contribution is 0.0751. The number of amides is 1. The van der Waals surface area contributed by atoms with Crippen LogP contribution in [0.2, 0.25) is 0 Å². The van der Waals surface area contributed by atoms with E-state index in [9.17, 15) is 4.79 Å². The zero-order valence-electron chi connectivity index (χ0n) is 9.13. The van der Waals surface area contributed by atoms with Gasteiger partial charge in [0.2, 0.25) is 0 Å². The molecule has 16 heavy (non-hydrogen) atoms. The zero-order valence-corrected chi connectivity index (χ0v) is 9.13. The van der Waals surface area contributed by atoms with Gasteiger partial charge in [0.15, 0.2) is 0 Å². The van der Waals surface area contributed by atoms with Crippen LogP contribution in [0.1, 0.15) is 10.4 Å². The Hall–Kier alpha value is -1.35. The van der Waals surface area contributed by atoms with Crippen molar-refractivity contribution in [3.05, 3.63) is 35.9 Å². The third-order valence-electron chi connectivity index (χ3n) is 3.55. The van der Waals surface area contributed by atoms with Crippen molar-refractivity contribution >= 4 is 5.91 Å². The van der Waals surface area contributed by atoms with Crippen LogP contribution in [0.15, 0.2) is 30.3 Å². The summed E-state index contributed by atoms with van der Waals surface area (Å²) in [4.78, 5) is 14.1. The Morgan fingerprint density at radius 3 is 2.38 bits per heavy atom. The minimum atomic E-state index is 0.162. The highest BCUT2D eigenvalue weighted by Gasteiger charge is 2.39. The van der Waals surface area contributed by atoms with Crippen LogP contribution in [0.4, 0.5) is 0 Å². The highest BCUT2D eigenvalue weighted by molar-refractivity contribution is 5.94. The summed E-state index contributed by atoms with van der Waals surface area (Å²) in [5, 5.41) is 0.